The number of methoxy groups -OCH3 is 2. The number of rotatable bonds is 4. The average molecular weight is 232 g/mol. The normalized spacial score (nSPS) is 10.0. The fraction of sp³-hybridized carbons (Fsp3) is 0.154. The van der Waals surface area contributed by atoms with Crippen LogP contribution in [0.25, 0.3) is 10.8 Å². The second-order valence-electron chi connectivity index (χ2n) is 3.36. The second-order valence-corrected chi connectivity index (χ2v) is 3.36. The zero-order valence-electron chi connectivity index (χ0n) is 9.60. The molecule has 0 fully saturated rings. The van der Waals surface area contributed by atoms with E-state index in [2.05, 4.69) is 0 Å². The lowest BCUT2D eigenvalue weighted by Gasteiger charge is -2.11. The monoisotopic (exact) mass is 232 g/mol. The van der Waals surface area contributed by atoms with Gasteiger partial charge < -0.3 is 14.2 Å². The summed E-state index contributed by atoms with van der Waals surface area (Å²) < 4.78 is 15.5. The number of hydrogen-bond donors (Lipinski definition) is 0. The lowest BCUT2D eigenvalue weighted by atomic mass is 10.1. The van der Waals surface area contributed by atoms with Crippen LogP contribution in [-0.2, 0) is 4.79 Å². The number of ether oxygens (including phenoxy) is 3. The van der Waals surface area contributed by atoms with Gasteiger partial charge in [-0.1, -0.05) is 12.1 Å². The van der Waals surface area contributed by atoms with Crippen molar-refractivity contribution < 1.29 is 19.0 Å². The van der Waals surface area contributed by atoms with E-state index in [-0.39, 0.29) is 0 Å². The summed E-state index contributed by atoms with van der Waals surface area (Å²) in [6, 6.07) is 8.97. The molecular formula is C13H12O4. The molecule has 0 aromatic heterocycles. The number of hydrogen-bond acceptors (Lipinski definition) is 4. The first-order valence-electron chi connectivity index (χ1n) is 5.05. The Balaban J connectivity index is 2.80. The smallest absolute Gasteiger partial charge is 0.298 e. The van der Waals surface area contributed by atoms with E-state index in [0.29, 0.717) is 23.7 Å². The Morgan fingerprint density at radius 1 is 0.941 bits per heavy atom. The molecule has 0 spiro atoms. The maximum atomic E-state index is 10.5. The van der Waals surface area contributed by atoms with E-state index >= 15 is 0 Å². The van der Waals surface area contributed by atoms with E-state index in [0.717, 1.165) is 10.8 Å². The summed E-state index contributed by atoms with van der Waals surface area (Å²) in [5, 5.41) is 1.56. The van der Waals surface area contributed by atoms with Crippen molar-refractivity contribution in [3.05, 3.63) is 30.3 Å². The van der Waals surface area contributed by atoms with Gasteiger partial charge >= 0.3 is 0 Å². The van der Waals surface area contributed by atoms with Gasteiger partial charge in [-0.2, -0.15) is 0 Å². The Morgan fingerprint density at radius 3 is 2.29 bits per heavy atom. The van der Waals surface area contributed by atoms with Crippen molar-refractivity contribution >= 4 is 17.2 Å². The van der Waals surface area contributed by atoms with Gasteiger partial charge in [-0.15, -0.1) is 0 Å². The minimum absolute atomic E-state index is 0.397. The molecule has 0 saturated carbocycles. The predicted octanol–water partition coefficient (Wildman–Crippen LogP) is 2.39. The lowest BCUT2D eigenvalue weighted by Crippen LogP contribution is -1.94. The predicted molar refractivity (Wildman–Crippen MR) is 63.7 cm³/mol. The third-order valence-electron chi connectivity index (χ3n) is 2.54. The molecule has 4 heteroatoms. The van der Waals surface area contributed by atoms with Crippen molar-refractivity contribution in [3.8, 4) is 17.2 Å². The molecule has 2 aromatic carbocycles. The van der Waals surface area contributed by atoms with Gasteiger partial charge in [-0.05, 0) is 18.2 Å². The molecule has 2 rings (SSSR count). The largest absolute Gasteiger partial charge is 0.496 e. The molecular weight excluding hydrogens is 220 g/mol. The van der Waals surface area contributed by atoms with E-state index in [1.54, 1.807) is 32.4 Å². The molecule has 2 aromatic rings. The van der Waals surface area contributed by atoms with Gasteiger partial charge in [0.2, 0.25) is 0 Å². The van der Waals surface area contributed by atoms with Gasteiger partial charge in [0.25, 0.3) is 6.47 Å². The van der Waals surface area contributed by atoms with Crippen LogP contribution in [0.4, 0.5) is 0 Å². The van der Waals surface area contributed by atoms with Crippen LogP contribution in [0, 0.1) is 0 Å². The molecule has 17 heavy (non-hydrogen) atoms. The highest BCUT2D eigenvalue weighted by molar-refractivity contribution is 5.98. The molecule has 0 atom stereocenters. The van der Waals surface area contributed by atoms with Crippen molar-refractivity contribution in [1.82, 2.24) is 0 Å². The summed E-state index contributed by atoms with van der Waals surface area (Å²) in [5.74, 6) is 1.80. The molecule has 0 heterocycles. The summed E-state index contributed by atoms with van der Waals surface area (Å²) >= 11 is 0. The molecule has 0 bridgehead atoms. The van der Waals surface area contributed by atoms with Crippen molar-refractivity contribution in [2.75, 3.05) is 14.2 Å². The third kappa shape index (κ3) is 1.89. The molecule has 0 amide bonds. The first-order valence-corrected chi connectivity index (χ1v) is 5.05. The highest BCUT2D eigenvalue weighted by atomic mass is 16.5. The van der Waals surface area contributed by atoms with Crippen LogP contribution in [-0.4, -0.2) is 20.7 Å². The Kier molecular flexibility index (Phi) is 3.14. The van der Waals surface area contributed by atoms with Gasteiger partial charge in [0, 0.05) is 5.39 Å². The van der Waals surface area contributed by atoms with E-state index in [1.165, 1.54) is 0 Å². The molecule has 4 nitrogen and oxygen atoms in total. The summed E-state index contributed by atoms with van der Waals surface area (Å²) in [7, 11) is 3.16. The highest BCUT2D eigenvalue weighted by Crippen LogP contribution is 2.38. The maximum absolute atomic E-state index is 10.5. The van der Waals surface area contributed by atoms with E-state index in [9.17, 15) is 4.79 Å². The maximum Gasteiger partial charge on any atom is 0.298 e. The Labute approximate surface area is 98.7 Å². The lowest BCUT2D eigenvalue weighted by molar-refractivity contribution is -0.120. The van der Waals surface area contributed by atoms with E-state index in [1.807, 2.05) is 12.1 Å². The van der Waals surface area contributed by atoms with Crippen LogP contribution in [0.2, 0.25) is 0 Å². The molecule has 0 aliphatic rings. The zero-order chi connectivity index (χ0) is 12.3. The third-order valence-corrected chi connectivity index (χ3v) is 2.54. The average Bonchev–Trinajstić information content (AvgIpc) is 2.38. The van der Waals surface area contributed by atoms with E-state index < -0.39 is 0 Å². The van der Waals surface area contributed by atoms with Gasteiger partial charge in [-0.3, -0.25) is 4.79 Å². The number of fused-ring (bicyclic) bond motifs is 1. The minimum Gasteiger partial charge on any atom is -0.496 e. The Hall–Kier alpha value is -2.23. The Bertz CT molecular complexity index is 548. The van der Waals surface area contributed by atoms with Crippen molar-refractivity contribution in [3.63, 3.8) is 0 Å². The fourth-order valence-electron chi connectivity index (χ4n) is 1.81. The summed E-state index contributed by atoms with van der Waals surface area (Å²) in [6.07, 6.45) is 0. The van der Waals surface area contributed by atoms with Crippen molar-refractivity contribution in [2.45, 2.75) is 0 Å². The summed E-state index contributed by atoms with van der Waals surface area (Å²) in [6.45, 7) is 0.397. The van der Waals surface area contributed by atoms with E-state index in [4.69, 9.17) is 14.2 Å². The van der Waals surface area contributed by atoms with Crippen LogP contribution in [0.15, 0.2) is 30.3 Å². The van der Waals surface area contributed by atoms with Crippen LogP contribution < -0.4 is 14.2 Å². The summed E-state index contributed by atoms with van der Waals surface area (Å²) in [5.41, 5.74) is 0. The van der Waals surface area contributed by atoms with Crippen molar-refractivity contribution in [1.29, 1.82) is 0 Å². The zero-order valence-corrected chi connectivity index (χ0v) is 9.60. The SMILES string of the molecule is COc1ccc(OC=O)c2c(OC)cccc12. The van der Waals surface area contributed by atoms with Gasteiger partial charge in [0.1, 0.15) is 17.2 Å². The first kappa shape index (κ1) is 11.3. The van der Waals surface area contributed by atoms with Crippen LogP contribution >= 0.6 is 0 Å². The first-order chi connectivity index (χ1) is 8.31. The van der Waals surface area contributed by atoms with Crippen LogP contribution in [0.3, 0.4) is 0 Å². The molecule has 0 N–H and O–H groups in total. The minimum atomic E-state index is 0.397. The van der Waals surface area contributed by atoms with Gasteiger partial charge in [0.05, 0.1) is 19.6 Å². The highest BCUT2D eigenvalue weighted by Gasteiger charge is 2.11. The quantitative estimate of drug-likeness (QED) is 0.759. The molecule has 0 aliphatic carbocycles. The molecule has 0 saturated heterocycles. The fourth-order valence-corrected chi connectivity index (χ4v) is 1.81. The molecule has 0 radical (unpaired) electrons. The summed E-state index contributed by atoms with van der Waals surface area (Å²) in [4.78, 5) is 10.5. The topological polar surface area (TPSA) is 44.8 Å². The van der Waals surface area contributed by atoms with Gasteiger partial charge in [-0.25, -0.2) is 0 Å². The number of carbonyl (C=O) groups excluding carboxylic acids is 1. The second kappa shape index (κ2) is 4.74. The molecule has 0 unspecified atom stereocenters. The Morgan fingerprint density at radius 2 is 1.65 bits per heavy atom. The molecule has 88 valence electrons. The van der Waals surface area contributed by atoms with Crippen LogP contribution in [0.5, 0.6) is 17.2 Å². The van der Waals surface area contributed by atoms with Crippen LogP contribution in [0.1, 0.15) is 0 Å². The molecule has 0 aliphatic heterocycles. The van der Waals surface area contributed by atoms with Gasteiger partial charge in [0.15, 0.2) is 0 Å². The number of carbonyl (C=O) groups is 1. The number of benzene rings is 2. The standard InChI is InChI=1S/C13H12O4/c1-15-10-6-7-12(17-8-14)13-9(10)4-3-5-11(13)16-2/h3-8H,1-2H3. The van der Waals surface area contributed by atoms with Crippen molar-refractivity contribution in [2.24, 2.45) is 0 Å².